The maximum Gasteiger partial charge on any atom is 0.394 e. The van der Waals surface area contributed by atoms with Gasteiger partial charge >= 0.3 is 10.4 Å². The lowest BCUT2D eigenvalue weighted by molar-refractivity contribution is -0.904. The molecule has 19 heavy (non-hydrogen) atoms. The first-order valence-electron chi connectivity index (χ1n) is 4.88. The highest BCUT2D eigenvalue weighted by Gasteiger charge is 2.30. The van der Waals surface area contributed by atoms with E-state index in [1.807, 2.05) is 0 Å². The number of sulfone groups is 1. The largest absolute Gasteiger partial charge is 0.412 e. The van der Waals surface area contributed by atoms with E-state index in [2.05, 4.69) is 26.5 Å². The normalized spacial score (nSPS) is 19.6. The summed E-state index contributed by atoms with van der Waals surface area (Å²) >= 11 is 2.83. The van der Waals surface area contributed by atoms with Crippen molar-refractivity contribution in [3.05, 3.63) is 0 Å². The Kier molecular flexibility index (Phi) is 12.1. The Morgan fingerprint density at radius 3 is 1.63 bits per heavy atom. The van der Waals surface area contributed by atoms with Gasteiger partial charge in [0.2, 0.25) is 0 Å². The maximum atomic E-state index is 11.0. The van der Waals surface area contributed by atoms with Gasteiger partial charge in [0.05, 0.1) is 38.2 Å². The fraction of sp³-hybridized carbons (Fsp3) is 1.00. The summed E-state index contributed by atoms with van der Waals surface area (Å²) in [6.07, 6.45) is 0. The molecule has 0 aromatic carbocycles. The van der Waals surface area contributed by atoms with Crippen molar-refractivity contribution in [3.8, 4) is 0 Å². The molecular weight excluding hydrogens is 322 g/mol. The Morgan fingerprint density at radius 2 is 1.42 bits per heavy atom. The van der Waals surface area contributed by atoms with E-state index in [-0.39, 0.29) is 5.48 Å². The number of rotatable bonds is 1. The van der Waals surface area contributed by atoms with E-state index >= 15 is 0 Å². The van der Waals surface area contributed by atoms with Crippen molar-refractivity contribution in [2.45, 2.75) is 6.92 Å². The van der Waals surface area contributed by atoms with E-state index in [0.717, 1.165) is 24.1 Å². The van der Waals surface area contributed by atoms with Crippen LogP contribution >= 0.6 is 0 Å². The molecule has 0 atom stereocenters. The van der Waals surface area contributed by atoms with Gasteiger partial charge in [0.25, 0.3) is 0 Å². The number of quaternary nitrogens is 1. The summed E-state index contributed by atoms with van der Waals surface area (Å²) in [6, 6.07) is 0. The van der Waals surface area contributed by atoms with Crippen LogP contribution in [0.2, 0.25) is 0 Å². The molecule has 1 fully saturated rings. The summed E-state index contributed by atoms with van der Waals surface area (Å²) in [6.45, 7) is 4.73. The molecule has 12 heteroatoms. The Hall–Kier alpha value is -0.240. The molecule has 1 heterocycles. The summed E-state index contributed by atoms with van der Waals surface area (Å²) in [5.41, 5.74) is 0. The van der Waals surface area contributed by atoms with Crippen molar-refractivity contribution < 1.29 is 40.1 Å². The summed E-state index contributed by atoms with van der Waals surface area (Å²) in [5.74, 6) is 0.745. The molecule has 0 aromatic rings. The average Bonchev–Trinajstić information content (AvgIpc) is 2.24. The molecule has 1 rings (SSSR count). The van der Waals surface area contributed by atoms with Crippen LogP contribution in [-0.2, 0) is 32.8 Å². The van der Waals surface area contributed by atoms with E-state index in [9.17, 15) is 8.42 Å². The van der Waals surface area contributed by atoms with Crippen LogP contribution in [0.4, 0.5) is 0 Å². The van der Waals surface area contributed by atoms with Gasteiger partial charge in [-0.05, 0) is 6.92 Å². The fourth-order valence-corrected chi connectivity index (χ4v) is 2.89. The molecule has 0 radical (unpaired) electrons. The van der Waals surface area contributed by atoms with Crippen molar-refractivity contribution in [3.63, 3.8) is 0 Å². The second-order valence-electron chi connectivity index (χ2n) is 3.98. The van der Waals surface area contributed by atoms with Gasteiger partial charge < -0.3 is 9.96 Å². The summed E-state index contributed by atoms with van der Waals surface area (Å²) in [7, 11) is -5.23. The third-order valence-electron chi connectivity index (χ3n) is 2.65. The Balaban J connectivity index is -0.000000275. The molecule has 0 bridgehead atoms. The predicted octanol–water partition coefficient (Wildman–Crippen LogP) is -1.93. The second kappa shape index (κ2) is 9.63. The molecule has 0 aromatic heterocycles. The van der Waals surface area contributed by atoms with Gasteiger partial charge in [-0.25, -0.2) is 8.42 Å². The van der Waals surface area contributed by atoms with Crippen molar-refractivity contribution in [2.24, 2.45) is 0 Å². The molecule has 0 unspecified atom stereocenters. The second-order valence-corrected chi connectivity index (χ2v) is 7.18. The quantitative estimate of drug-likeness (QED) is 0.412. The van der Waals surface area contributed by atoms with Crippen LogP contribution in [0.3, 0.4) is 0 Å². The molecule has 9 nitrogen and oxygen atoms in total. The van der Waals surface area contributed by atoms with Crippen LogP contribution in [0, 0.1) is 0 Å². The highest BCUT2D eigenvalue weighted by molar-refractivity contribution is 7.91. The van der Waals surface area contributed by atoms with E-state index in [1.54, 1.807) is 0 Å². The molecule has 1 aliphatic rings. The van der Waals surface area contributed by atoms with Gasteiger partial charge in [-0.3, -0.25) is 9.11 Å². The van der Waals surface area contributed by atoms with Crippen molar-refractivity contribution >= 4 is 32.8 Å². The molecule has 4 N–H and O–H groups in total. The first kappa shape index (κ1) is 23.8. The summed E-state index contributed by atoms with van der Waals surface area (Å²) < 4.78 is 62.4. The molecule has 0 amide bonds. The topological polar surface area (TPSA) is 157 Å². The fourth-order valence-electron chi connectivity index (χ4n) is 1.25. The van der Waals surface area contributed by atoms with Crippen molar-refractivity contribution in [1.29, 1.82) is 0 Å². The summed E-state index contributed by atoms with van der Waals surface area (Å²) in [4.78, 5) is 0. The minimum Gasteiger partial charge on any atom is -0.412 e. The lowest BCUT2D eigenvalue weighted by atomic mass is 10.4. The van der Waals surface area contributed by atoms with Gasteiger partial charge in [0.15, 0.2) is 22.4 Å². The monoisotopic (exact) mass is 342 g/mol. The third kappa shape index (κ3) is 15.7. The summed E-state index contributed by atoms with van der Waals surface area (Å²) in [5, 5.41) is 0. The molecular formula is C7H20NO8S3+. The maximum absolute atomic E-state index is 11.0. The number of nitrogens with zero attached hydrogens (tertiary/aromatic N) is 1. The zero-order valence-corrected chi connectivity index (χ0v) is 13.1. The Labute approximate surface area is 118 Å². The number of hydrogen-bond acceptors (Lipinski definition) is 6. The van der Waals surface area contributed by atoms with E-state index in [1.165, 1.54) is 0 Å². The molecule has 0 saturated carbocycles. The number of hydrogen-bond donors (Lipinski definition) is 2. The molecule has 1 saturated heterocycles. The smallest absolute Gasteiger partial charge is 0.394 e. The van der Waals surface area contributed by atoms with Crippen molar-refractivity contribution in [2.75, 3.05) is 38.2 Å². The molecule has 0 spiro atoms. The standard InChI is InChI=1S/C7H16NO2S.H2O4S.OS.H2O/c1-3-8(2)4-6-11(9,10)7-5-8;1-5(2,3)4;1-2;/h3-7H2,1-2H3;(H2,1,2,3,4);;1H2/q+1;;;. The van der Waals surface area contributed by atoms with Gasteiger partial charge in [-0.2, -0.15) is 12.6 Å². The first-order chi connectivity index (χ1) is 7.97. The zero-order valence-electron chi connectivity index (χ0n) is 10.6. The van der Waals surface area contributed by atoms with Crippen molar-refractivity contribution in [1.82, 2.24) is 0 Å². The highest BCUT2D eigenvalue weighted by atomic mass is 32.3. The van der Waals surface area contributed by atoms with Crippen LogP contribution < -0.4 is 0 Å². The zero-order chi connectivity index (χ0) is 15.0. The molecule has 0 aliphatic carbocycles. The minimum atomic E-state index is -4.67. The lowest BCUT2D eigenvalue weighted by Gasteiger charge is -2.36. The molecule has 118 valence electrons. The van der Waals surface area contributed by atoms with Gasteiger partial charge in [-0.15, -0.1) is 0 Å². The van der Waals surface area contributed by atoms with E-state index in [4.69, 9.17) is 21.7 Å². The SMILES string of the molecule is CC[N+]1(C)CCS(=O)(=O)CC1.O.O=S.O=S(=O)(O)O. The van der Waals surface area contributed by atoms with E-state index < -0.39 is 20.2 Å². The van der Waals surface area contributed by atoms with E-state index in [0.29, 0.717) is 11.5 Å². The minimum absolute atomic E-state index is 0. The third-order valence-corrected chi connectivity index (χ3v) is 4.26. The predicted molar refractivity (Wildman–Crippen MR) is 71.0 cm³/mol. The highest BCUT2D eigenvalue weighted by Crippen LogP contribution is 2.10. The average molecular weight is 342 g/mol. The lowest BCUT2D eigenvalue weighted by Crippen LogP contribution is -2.53. The van der Waals surface area contributed by atoms with Crippen LogP contribution in [0.1, 0.15) is 6.92 Å². The van der Waals surface area contributed by atoms with Crippen LogP contribution in [0.5, 0.6) is 0 Å². The molecule has 1 aliphatic heterocycles. The van der Waals surface area contributed by atoms with Crippen LogP contribution in [0.15, 0.2) is 0 Å². The van der Waals surface area contributed by atoms with Crippen LogP contribution in [0.25, 0.3) is 0 Å². The Bertz CT molecular complexity index is 409. The van der Waals surface area contributed by atoms with Gasteiger partial charge in [0.1, 0.15) is 0 Å². The Morgan fingerprint density at radius 1 is 1.16 bits per heavy atom. The van der Waals surface area contributed by atoms with Gasteiger partial charge in [0, 0.05) is 0 Å². The first-order valence-corrected chi connectivity index (χ1v) is 8.43. The van der Waals surface area contributed by atoms with Crippen LogP contribution in [-0.4, -0.2) is 78.3 Å². The van der Waals surface area contributed by atoms with Gasteiger partial charge in [-0.1, -0.05) is 0 Å².